The van der Waals surface area contributed by atoms with Crippen LogP contribution in [0.1, 0.15) is 24.3 Å². The summed E-state index contributed by atoms with van der Waals surface area (Å²) >= 11 is 3.38. The Labute approximate surface area is 190 Å². The van der Waals surface area contributed by atoms with Gasteiger partial charge in [-0.15, -0.1) is 0 Å². The molecule has 1 aromatic heterocycles. The van der Waals surface area contributed by atoms with Crippen molar-refractivity contribution < 1.29 is 22.5 Å². The number of alkyl halides is 3. The second-order valence-electron chi connectivity index (χ2n) is 7.63. The number of para-hydroxylation sites is 1. The van der Waals surface area contributed by atoms with Gasteiger partial charge in [-0.3, -0.25) is 9.69 Å². The van der Waals surface area contributed by atoms with Crippen LogP contribution in [0.3, 0.4) is 0 Å². The Morgan fingerprint density at radius 1 is 1.19 bits per heavy atom. The molecule has 168 valence electrons. The Hall–Kier alpha value is -2.72. The largest absolute Gasteiger partial charge is 0.418 e. The highest BCUT2D eigenvalue weighted by Gasteiger charge is 2.34. The number of benzene rings is 2. The molecule has 1 atom stereocenters. The first-order valence-electron chi connectivity index (χ1n) is 10.1. The van der Waals surface area contributed by atoms with Crippen LogP contribution in [0.15, 0.2) is 57.5 Å². The number of amides is 1. The molecule has 1 amide bonds. The molecule has 1 saturated heterocycles. The molecule has 1 aliphatic heterocycles. The molecule has 3 aromatic rings. The van der Waals surface area contributed by atoms with Crippen LogP contribution in [0.5, 0.6) is 0 Å². The number of halogens is 4. The van der Waals surface area contributed by atoms with Gasteiger partial charge in [-0.1, -0.05) is 33.2 Å². The van der Waals surface area contributed by atoms with Crippen molar-refractivity contribution >= 4 is 27.5 Å². The van der Waals surface area contributed by atoms with Crippen LogP contribution in [0, 0.1) is 5.92 Å². The van der Waals surface area contributed by atoms with Gasteiger partial charge in [-0.2, -0.15) is 18.2 Å². The van der Waals surface area contributed by atoms with Gasteiger partial charge >= 0.3 is 6.18 Å². The standard InChI is InChI=1S/C22H20BrF3N4O2/c23-16-9-7-14(8-10-16)20-28-19(32-29-20)13-30-11-3-4-15(12-30)21(31)27-18-6-2-1-5-17(18)22(24,25)26/h1-2,5-10,15H,3-4,11-13H2,(H,27,31). The van der Waals surface area contributed by atoms with E-state index in [4.69, 9.17) is 4.52 Å². The van der Waals surface area contributed by atoms with E-state index in [2.05, 4.69) is 31.4 Å². The van der Waals surface area contributed by atoms with E-state index in [9.17, 15) is 18.0 Å². The van der Waals surface area contributed by atoms with Crippen LogP contribution in [-0.2, 0) is 17.5 Å². The summed E-state index contributed by atoms with van der Waals surface area (Å²) in [7, 11) is 0. The third-order valence-corrected chi connectivity index (χ3v) is 5.82. The van der Waals surface area contributed by atoms with Gasteiger partial charge < -0.3 is 9.84 Å². The summed E-state index contributed by atoms with van der Waals surface area (Å²) in [6.07, 6.45) is -3.19. The summed E-state index contributed by atoms with van der Waals surface area (Å²) < 4.78 is 45.9. The van der Waals surface area contributed by atoms with Gasteiger partial charge in [0.05, 0.1) is 23.7 Å². The number of carbonyl (C=O) groups excluding carboxylic acids is 1. The minimum atomic E-state index is -4.53. The third-order valence-electron chi connectivity index (χ3n) is 5.30. The predicted octanol–water partition coefficient (Wildman–Crippen LogP) is 5.37. The zero-order chi connectivity index (χ0) is 22.7. The molecule has 1 N–H and O–H groups in total. The quantitative estimate of drug-likeness (QED) is 0.501. The normalized spacial score (nSPS) is 17.3. The fraction of sp³-hybridized carbons (Fsp3) is 0.318. The van der Waals surface area contributed by atoms with Crippen molar-refractivity contribution in [2.24, 2.45) is 5.92 Å². The van der Waals surface area contributed by atoms with Gasteiger partial charge in [0.2, 0.25) is 17.6 Å². The van der Waals surface area contributed by atoms with E-state index in [-0.39, 0.29) is 5.69 Å². The Morgan fingerprint density at radius 3 is 2.69 bits per heavy atom. The lowest BCUT2D eigenvalue weighted by molar-refractivity contribution is -0.137. The Bertz CT molecular complexity index is 1090. The fourth-order valence-corrected chi connectivity index (χ4v) is 3.98. The maximum Gasteiger partial charge on any atom is 0.418 e. The van der Waals surface area contributed by atoms with Crippen molar-refractivity contribution in [3.8, 4) is 11.4 Å². The maximum absolute atomic E-state index is 13.2. The van der Waals surface area contributed by atoms with Crippen LogP contribution in [0.4, 0.5) is 18.9 Å². The molecule has 0 radical (unpaired) electrons. The summed E-state index contributed by atoms with van der Waals surface area (Å²) in [6, 6.07) is 12.5. The van der Waals surface area contributed by atoms with Crippen molar-refractivity contribution in [2.75, 3.05) is 18.4 Å². The summed E-state index contributed by atoms with van der Waals surface area (Å²) in [5.74, 6) is 0.0420. The fourth-order valence-electron chi connectivity index (χ4n) is 3.71. The lowest BCUT2D eigenvalue weighted by Crippen LogP contribution is -2.40. The van der Waals surface area contributed by atoms with Crippen LogP contribution in [-0.4, -0.2) is 34.0 Å². The van der Waals surface area contributed by atoms with Crippen molar-refractivity contribution in [1.82, 2.24) is 15.0 Å². The van der Waals surface area contributed by atoms with Crippen LogP contribution in [0.2, 0.25) is 0 Å². The van der Waals surface area contributed by atoms with E-state index in [1.54, 1.807) is 0 Å². The van der Waals surface area contributed by atoms with E-state index in [1.165, 1.54) is 18.2 Å². The van der Waals surface area contributed by atoms with E-state index in [0.29, 0.717) is 31.2 Å². The number of nitrogens with zero attached hydrogens (tertiary/aromatic N) is 3. The molecule has 6 nitrogen and oxygen atoms in total. The summed E-state index contributed by atoms with van der Waals surface area (Å²) in [5.41, 5.74) is -0.257. The molecule has 32 heavy (non-hydrogen) atoms. The summed E-state index contributed by atoms with van der Waals surface area (Å²) in [4.78, 5) is 19.1. The van der Waals surface area contributed by atoms with Crippen LogP contribution < -0.4 is 5.32 Å². The molecule has 0 aliphatic carbocycles. The molecule has 1 fully saturated rings. The first kappa shape index (κ1) is 22.5. The van der Waals surface area contributed by atoms with Crippen LogP contribution in [0.25, 0.3) is 11.4 Å². The van der Waals surface area contributed by atoms with Crippen molar-refractivity contribution in [2.45, 2.75) is 25.6 Å². The molecule has 10 heteroatoms. The number of likely N-dealkylation sites (tertiary alicyclic amines) is 1. The SMILES string of the molecule is O=C(Nc1ccccc1C(F)(F)F)C1CCCN(Cc2nc(-c3ccc(Br)cc3)no2)C1. The molecule has 1 unspecified atom stereocenters. The Morgan fingerprint density at radius 2 is 1.94 bits per heavy atom. The average Bonchev–Trinajstić information content (AvgIpc) is 3.22. The molecular weight excluding hydrogens is 489 g/mol. The first-order valence-corrected chi connectivity index (χ1v) is 10.9. The Kier molecular flexibility index (Phi) is 6.61. The molecule has 0 saturated carbocycles. The molecule has 0 bridgehead atoms. The lowest BCUT2D eigenvalue weighted by Gasteiger charge is -2.31. The smallest absolute Gasteiger partial charge is 0.338 e. The number of hydrogen-bond acceptors (Lipinski definition) is 5. The second kappa shape index (κ2) is 9.41. The van der Waals surface area contributed by atoms with E-state index < -0.39 is 23.6 Å². The highest BCUT2D eigenvalue weighted by molar-refractivity contribution is 9.10. The molecule has 2 heterocycles. The number of nitrogens with one attached hydrogen (secondary N) is 1. The van der Waals surface area contributed by atoms with Gasteiger partial charge in [0.1, 0.15) is 0 Å². The number of hydrogen-bond donors (Lipinski definition) is 1. The molecule has 4 rings (SSSR count). The maximum atomic E-state index is 13.2. The van der Waals surface area contributed by atoms with Gasteiger partial charge in [0.25, 0.3) is 0 Å². The second-order valence-corrected chi connectivity index (χ2v) is 8.54. The van der Waals surface area contributed by atoms with Gasteiger partial charge in [-0.05, 0) is 55.8 Å². The number of carbonyl (C=O) groups is 1. The molecule has 2 aromatic carbocycles. The van der Waals surface area contributed by atoms with E-state index >= 15 is 0 Å². The lowest BCUT2D eigenvalue weighted by atomic mass is 9.97. The third kappa shape index (κ3) is 5.36. The van der Waals surface area contributed by atoms with Crippen molar-refractivity contribution in [3.63, 3.8) is 0 Å². The average molecular weight is 509 g/mol. The highest BCUT2D eigenvalue weighted by atomic mass is 79.9. The predicted molar refractivity (Wildman–Crippen MR) is 116 cm³/mol. The van der Waals surface area contributed by atoms with E-state index in [0.717, 1.165) is 29.1 Å². The minimum absolute atomic E-state index is 0.224. The van der Waals surface area contributed by atoms with E-state index in [1.807, 2.05) is 29.2 Å². The Balaban J connectivity index is 1.39. The monoisotopic (exact) mass is 508 g/mol. The number of piperidine rings is 1. The van der Waals surface area contributed by atoms with Crippen LogP contribution >= 0.6 is 15.9 Å². The van der Waals surface area contributed by atoms with Gasteiger partial charge in [0.15, 0.2) is 0 Å². The summed E-state index contributed by atoms with van der Waals surface area (Å²) in [6.45, 7) is 1.50. The summed E-state index contributed by atoms with van der Waals surface area (Å²) in [5, 5.41) is 6.47. The van der Waals surface area contributed by atoms with Gasteiger partial charge in [0, 0.05) is 16.6 Å². The zero-order valence-electron chi connectivity index (χ0n) is 16.9. The first-order chi connectivity index (χ1) is 15.3. The molecular formula is C22H20BrF3N4O2. The molecule has 0 spiro atoms. The zero-order valence-corrected chi connectivity index (χ0v) is 18.5. The van der Waals surface area contributed by atoms with Crippen molar-refractivity contribution in [1.29, 1.82) is 0 Å². The highest BCUT2D eigenvalue weighted by Crippen LogP contribution is 2.35. The molecule has 1 aliphatic rings. The van der Waals surface area contributed by atoms with Gasteiger partial charge in [-0.25, -0.2) is 0 Å². The number of anilines is 1. The topological polar surface area (TPSA) is 71.3 Å². The minimum Gasteiger partial charge on any atom is -0.338 e. The number of aromatic nitrogens is 2. The van der Waals surface area contributed by atoms with Crippen molar-refractivity contribution in [3.05, 3.63) is 64.5 Å². The number of rotatable bonds is 5.